The highest BCUT2D eigenvalue weighted by atomic mass is 19.1. The van der Waals surface area contributed by atoms with Crippen molar-refractivity contribution in [3.8, 4) is 0 Å². The Morgan fingerprint density at radius 3 is 2.52 bits per heavy atom. The minimum absolute atomic E-state index is 0.202. The fraction of sp³-hybridized carbons (Fsp3) is 0.136. The van der Waals surface area contributed by atoms with Gasteiger partial charge in [0.15, 0.2) is 0 Å². The standard InChI is InChI=1S/C22H19FN2O4/c1-2-29-22(28)16-5-3-6-18(13-16)24-21(27)20(26)19-7-4-12-25(19)14-15-8-10-17(23)11-9-15/h3-13H,2,14H2,1H3,(H,24,27). The number of ether oxygens (including phenoxy) is 1. The number of anilines is 1. The first-order valence-electron chi connectivity index (χ1n) is 9.00. The van der Waals surface area contributed by atoms with E-state index in [1.807, 2.05) is 0 Å². The molecule has 3 rings (SSSR count). The normalized spacial score (nSPS) is 10.4. The molecule has 1 aromatic heterocycles. The number of nitrogens with zero attached hydrogens (tertiary/aromatic N) is 1. The summed E-state index contributed by atoms with van der Waals surface area (Å²) in [5.74, 6) is -2.41. The van der Waals surface area contributed by atoms with E-state index < -0.39 is 17.7 Å². The minimum Gasteiger partial charge on any atom is -0.462 e. The van der Waals surface area contributed by atoms with Crippen molar-refractivity contribution in [2.24, 2.45) is 0 Å². The number of ketones is 1. The van der Waals surface area contributed by atoms with Crippen LogP contribution in [0.15, 0.2) is 66.9 Å². The molecule has 0 spiro atoms. The maximum atomic E-state index is 13.1. The zero-order valence-corrected chi connectivity index (χ0v) is 15.7. The Morgan fingerprint density at radius 1 is 1.03 bits per heavy atom. The Bertz CT molecular complexity index is 1040. The van der Waals surface area contributed by atoms with Crippen LogP contribution >= 0.6 is 0 Å². The largest absolute Gasteiger partial charge is 0.462 e. The van der Waals surface area contributed by atoms with Gasteiger partial charge in [-0.15, -0.1) is 0 Å². The van der Waals surface area contributed by atoms with E-state index in [9.17, 15) is 18.8 Å². The zero-order valence-electron chi connectivity index (χ0n) is 15.7. The van der Waals surface area contributed by atoms with Crippen molar-refractivity contribution < 1.29 is 23.5 Å². The summed E-state index contributed by atoms with van der Waals surface area (Å²) in [6, 6.07) is 15.3. The molecule has 0 fully saturated rings. The number of carbonyl (C=O) groups excluding carboxylic acids is 3. The number of hydrogen-bond donors (Lipinski definition) is 1. The van der Waals surface area contributed by atoms with E-state index in [-0.39, 0.29) is 23.7 Å². The van der Waals surface area contributed by atoms with E-state index in [4.69, 9.17) is 4.74 Å². The smallest absolute Gasteiger partial charge is 0.338 e. The first-order chi connectivity index (χ1) is 14.0. The van der Waals surface area contributed by atoms with Crippen LogP contribution < -0.4 is 5.32 Å². The Kier molecular flexibility index (Phi) is 6.19. The minimum atomic E-state index is -0.829. The summed E-state index contributed by atoms with van der Waals surface area (Å²) in [6.45, 7) is 2.25. The van der Waals surface area contributed by atoms with Crippen molar-refractivity contribution in [1.82, 2.24) is 4.57 Å². The molecule has 1 N–H and O–H groups in total. The second-order valence-corrected chi connectivity index (χ2v) is 6.23. The molecule has 3 aromatic rings. The molecule has 6 nitrogen and oxygen atoms in total. The van der Waals surface area contributed by atoms with Crippen LogP contribution in [0.2, 0.25) is 0 Å². The average molecular weight is 394 g/mol. The Morgan fingerprint density at radius 2 is 1.79 bits per heavy atom. The van der Waals surface area contributed by atoms with Gasteiger partial charge in [-0.1, -0.05) is 18.2 Å². The molecule has 0 saturated carbocycles. The van der Waals surface area contributed by atoms with Gasteiger partial charge in [0.05, 0.1) is 17.9 Å². The number of aromatic nitrogens is 1. The average Bonchev–Trinajstić information content (AvgIpc) is 3.17. The highest BCUT2D eigenvalue weighted by Crippen LogP contribution is 2.14. The summed E-state index contributed by atoms with van der Waals surface area (Å²) in [6.07, 6.45) is 1.67. The topological polar surface area (TPSA) is 77.4 Å². The van der Waals surface area contributed by atoms with Gasteiger partial charge in [0, 0.05) is 18.4 Å². The molecule has 2 aromatic carbocycles. The van der Waals surface area contributed by atoms with Gasteiger partial charge in [-0.3, -0.25) is 9.59 Å². The van der Waals surface area contributed by atoms with Gasteiger partial charge in [0.2, 0.25) is 0 Å². The van der Waals surface area contributed by atoms with Gasteiger partial charge in [-0.05, 0) is 55.0 Å². The van der Waals surface area contributed by atoms with Crippen molar-refractivity contribution in [1.29, 1.82) is 0 Å². The van der Waals surface area contributed by atoms with Crippen molar-refractivity contribution in [2.45, 2.75) is 13.5 Å². The molecule has 0 aliphatic heterocycles. The first-order valence-corrected chi connectivity index (χ1v) is 9.00. The summed E-state index contributed by atoms with van der Waals surface area (Å²) in [5, 5.41) is 2.51. The van der Waals surface area contributed by atoms with Crippen LogP contribution in [0.4, 0.5) is 10.1 Å². The highest BCUT2D eigenvalue weighted by molar-refractivity contribution is 6.46. The zero-order chi connectivity index (χ0) is 20.8. The second kappa shape index (κ2) is 8.97. The SMILES string of the molecule is CCOC(=O)c1cccc(NC(=O)C(=O)c2cccn2Cc2ccc(F)cc2)c1. The molecule has 148 valence electrons. The van der Waals surface area contributed by atoms with Crippen molar-refractivity contribution in [2.75, 3.05) is 11.9 Å². The van der Waals surface area contributed by atoms with E-state index in [1.165, 1.54) is 18.2 Å². The summed E-state index contributed by atoms with van der Waals surface area (Å²) in [7, 11) is 0. The van der Waals surface area contributed by atoms with Crippen molar-refractivity contribution >= 4 is 23.3 Å². The third-order valence-electron chi connectivity index (χ3n) is 4.17. The maximum Gasteiger partial charge on any atom is 0.338 e. The second-order valence-electron chi connectivity index (χ2n) is 6.23. The van der Waals surface area contributed by atoms with Gasteiger partial charge in [-0.25, -0.2) is 9.18 Å². The molecule has 7 heteroatoms. The van der Waals surface area contributed by atoms with Gasteiger partial charge < -0.3 is 14.6 Å². The van der Waals surface area contributed by atoms with Crippen LogP contribution in [0.5, 0.6) is 0 Å². The van der Waals surface area contributed by atoms with Gasteiger partial charge in [-0.2, -0.15) is 0 Å². The predicted octanol–water partition coefficient (Wildman–Crippen LogP) is 3.67. The highest BCUT2D eigenvalue weighted by Gasteiger charge is 2.20. The Balaban J connectivity index is 1.72. The number of benzene rings is 2. The van der Waals surface area contributed by atoms with Gasteiger partial charge >= 0.3 is 5.97 Å². The van der Waals surface area contributed by atoms with E-state index >= 15 is 0 Å². The van der Waals surface area contributed by atoms with Gasteiger partial charge in [0.25, 0.3) is 11.7 Å². The van der Waals surface area contributed by atoms with E-state index in [0.29, 0.717) is 12.2 Å². The van der Waals surface area contributed by atoms with Crippen LogP contribution in [0.1, 0.15) is 33.3 Å². The number of esters is 1. The fourth-order valence-corrected chi connectivity index (χ4v) is 2.79. The summed E-state index contributed by atoms with van der Waals surface area (Å²) in [4.78, 5) is 36.9. The molecule has 0 bridgehead atoms. The summed E-state index contributed by atoms with van der Waals surface area (Å²) in [5.41, 5.74) is 1.58. The molecule has 0 aliphatic carbocycles. The van der Waals surface area contributed by atoms with Gasteiger partial charge in [0.1, 0.15) is 5.82 Å². The number of hydrogen-bond acceptors (Lipinski definition) is 4. The van der Waals surface area contributed by atoms with Crippen LogP contribution in [-0.2, 0) is 16.1 Å². The fourth-order valence-electron chi connectivity index (χ4n) is 2.79. The lowest BCUT2D eigenvalue weighted by molar-refractivity contribution is -0.112. The quantitative estimate of drug-likeness (QED) is 0.377. The molecular weight excluding hydrogens is 375 g/mol. The number of halogens is 1. The van der Waals surface area contributed by atoms with Crippen molar-refractivity contribution in [3.63, 3.8) is 0 Å². The lowest BCUT2D eigenvalue weighted by atomic mass is 10.2. The molecule has 29 heavy (non-hydrogen) atoms. The monoisotopic (exact) mass is 394 g/mol. The first kappa shape index (κ1) is 20.0. The Labute approximate surface area is 166 Å². The molecule has 0 atom stereocenters. The molecule has 0 saturated heterocycles. The molecule has 1 amide bonds. The molecule has 1 heterocycles. The number of nitrogens with one attached hydrogen (secondary N) is 1. The Hall–Kier alpha value is -3.74. The molecular formula is C22H19FN2O4. The number of amides is 1. The number of rotatable bonds is 7. The third-order valence-corrected chi connectivity index (χ3v) is 4.17. The number of carbonyl (C=O) groups is 3. The van der Waals surface area contributed by atoms with E-state index in [2.05, 4.69) is 5.32 Å². The van der Waals surface area contributed by atoms with E-state index in [0.717, 1.165) is 5.56 Å². The van der Waals surface area contributed by atoms with Crippen LogP contribution in [0, 0.1) is 5.82 Å². The lowest BCUT2D eigenvalue weighted by Crippen LogP contribution is -2.25. The van der Waals surface area contributed by atoms with Crippen molar-refractivity contribution in [3.05, 3.63) is 89.5 Å². The number of Topliss-reactive ketones (excluding diaryl/α,β-unsaturated/α-hetero) is 1. The third kappa shape index (κ3) is 4.95. The maximum absolute atomic E-state index is 13.1. The predicted molar refractivity (Wildman–Crippen MR) is 105 cm³/mol. The van der Waals surface area contributed by atoms with Crippen LogP contribution in [-0.4, -0.2) is 28.8 Å². The molecule has 0 radical (unpaired) electrons. The molecule has 0 unspecified atom stereocenters. The summed E-state index contributed by atoms with van der Waals surface area (Å²) < 4.78 is 19.6. The summed E-state index contributed by atoms with van der Waals surface area (Å²) >= 11 is 0. The van der Waals surface area contributed by atoms with E-state index in [1.54, 1.807) is 60.2 Å². The lowest BCUT2D eigenvalue weighted by Gasteiger charge is -2.10. The van der Waals surface area contributed by atoms with Crippen LogP contribution in [0.3, 0.4) is 0 Å². The molecule has 0 aliphatic rings. The van der Waals surface area contributed by atoms with Crippen LogP contribution in [0.25, 0.3) is 0 Å².